The maximum atomic E-state index is 13.9. The van der Waals surface area contributed by atoms with E-state index in [1.54, 1.807) is 38.2 Å². The minimum Gasteiger partial charge on any atom is -0.466 e. The lowest BCUT2D eigenvalue weighted by Gasteiger charge is -2.36. The lowest BCUT2D eigenvalue weighted by atomic mass is 9.79. The number of rotatable bonds is 6. The molecule has 7 heteroatoms. The normalized spacial score (nSPS) is 16.7. The van der Waals surface area contributed by atoms with Gasteiger partial charge in [0.15, 0.2) is 0 Å². The minimum atomic E-state index is -0.913. The molecule has 0 N–H and O–H groups in total. The summed E-state index contributed by atoms with van der Waals surface area (Å²) in [5.41, 5.74) is 1.72. The molecule has 1 aromatic carbocycles. The lowest BCUT2D eigenvalue weighted by Crippen LogP contribution is -2.35. The van der Waals surface area contributed by atoms with Gasteiger partial charge in [-0.2, -0.15) is 5.26 Å². The molecule has 28 heavy (non-hydrogen) atoms. The fourth-order valence-electron chi connectivity index (χ4n) is 3.25. The average Bonchev–Trinajstić information content (AvgIpc) is 2.72. The molecule has 1 heterocycles. The van der Waals surface area contributed by atoms with Crippen molar-refractivity contribution in [2.75, 3.05) is 27.4 Å². The van der Waals surface area contributed by atoms with Gasteiger partial charge in [0.1, 0.15) is 6.67 Å². The van der Waals surface area contributed by atoms with Gasteiger partial charge in [-0.3, -0.25) is 0 Å². The van der Waals surface area contributed by atoms with E-state index in [0.717, 1.165) is 0 Å². The molecule has 148 valence electrons. The maximum Gasteiger partial charge on any atom is 0.336 e. The smallest absolute Gasteiger partial charge is 0.336 e. The molecule has 1 aliphatic rings. The Labute approximate surface area is 163 Å². The molecule has 0 radical (unpaired) electrons. The molecule has 0 amide bonds. The highest BCUT2D eigenvalue weighted by Gasteiger charge is 2.40. The van der Waals surface area contributed by atoms with Crippen LogP contribution in [-0.4, -0.2) is 44.3 Å². The first-order valence-corrected chi connectivity index (χ1v) is 8.90. The van der Waals surface area contributed by atoms with Crippen molar-refractivity contribution in [1.29, 1.82) is 5.26 Å². The van der Waals surface area contributed by atoms with Gasteiger partial charge in [0.2, 0.25) is 0 Å². The quantitative estimate of drug-likeness (QED) is 0.699. The Morgan fingerprint density at radius 1 is 1.29 bits per heavy atom. The van der Waals surface area contributed by atoms with Crippen molar-refractivity contribution in [2.24, 2.45) is 0 Å². The molecule has 0 aliphatic carbocycles. The van der Waals surface area contributed by atoms with Crippen LogP contribution >= 0.6 is 0 Å². The number of alkyl halides is 1. The van der Waals surface area contributed by atoms with Crippen LogP contribution in [0.3, 0.4) is 0 Å². The van der Waals surface area contributed by atoms with Crippen LogP contribution in [0.4, 0.5) is 4.39 Å². The zero-order valence-electron chi connectivity index (χ0n) is 16.4. The predicted octanol–water partition coefficient (Wildman–Crippen LogP) is 3.21. The van der Waals surface area contributed by atoms with Crippen molar-refractivity contribution < 1.29 is 23.5 Å². The number of allylic oxidation sites excluding steroid dienone is 2. The third-order valence-corrected chi connectivity index (χ3v) is 4.72. The van der Waals surface area contributed by atoms with Crippen LogP contribution in [0, 0.1) is 11.3 Å². The summed E-state index contributed by atoms with van der Waals surface area (Å²) >= 11 is 0. The Morgan fingerprint density at radius 2 is 2.00 bits per heavy atom. The van der Waals surface area contributed by atoms with E-state index in [1.165, 1.54) is 12.0 Å². The number of hydrogen-bond donors (Lipinski definition) is 0. The third kappa shape index (κ3) is 3.91. The van der Waals surface area contributed by atoms with Crippen LogP contribution in [0.1, 0.15) is 37.3 Å². The number of hydrogen-bond acceptors (Lipinski definition) is 6. The summed E-state index contributed by atoms with van der Waals surface area (Å²) in [6.45, 7) is 2.85. The van der Waals surface area contributed by atoms with Crippen molar-refractivity contribution in [1.82, 2.24) is 4.90 Å². The van der Waals surface area contributed by atoms with Crippen LogP contribution in [0.15, 0.2) is 46.8 Å². The minimum absolute atomic E-state index is 0.0247. The molecule has 6 nitrogen and oxygen atoms in total. The summed E-state index contributed by atoms with van der Waals surface area (Å²) in [4.78, 5) is 26.9. The summed E-state index contributed by atoms with van der Waals surface area (Å²) in [6.07, 6.45) is 0.637. The SMILES string of the molecule is CCCOC(=O)C1=C(C)N(C)C(CF)=C(C(=O)OC)C1c1cccc(C#N)c1. The number of methoxy groups -OCH3 is 1. The highest BCUT2D eigenvalue weighted by atomic mass is 19.1. The molecule has 0 saturated carbocycles. The van der Waals surface area contributed by atoms with E-state index in [2.05, 4.69) is 0 Å². The average molecular weight is 386 g/mol. The second-order valence-corrected chi connectivity index (χ2v) is 6.35. The summed E-state index contributed by atoms with van der Waals surface area (Å²) in [5.74, 6) is -2.22. The molecule has 1 atom stereocenters. The van der Waals surface area contributed by atoms with Crippen LogP contribution < -0.4 is 0 Å². The number of carbonyl (C=O) groups excluding carboxylic acids is 2. The molecule has 0 saturated heterocycles. The third-order valence-electron chi connectivity index (χ3n) is 4.72. The Morgan fingerprint density at radius 3 is 2.57 bits per heavy atom. The molecule has 0 aromatic heterocycles. The number of nitrogens with zero attached hydrogens (tertiary/aromatic N) is 2. The van der Waals surface area contributed by atoms with Gasteiger partial charge in [0.25, 0.3) is 0 Å². The van der Waals surface area contributed by atoms with Crippen LogP contribution in [0.25, 0.3) is 0 Å². The Balaban J connectivity index is 2.76. The predicted molar refractivity (Wildman–Crippen MR) is 101 cm³/mol. The van der Waals surface area contributed by atoms with Gasteiger partial charge >= 0.3 is 11.9 Å². The molecule has 2 rings (SSSR count). The van der Waals surface area contributed by atoms with Crippen molar-refractivity contribution in [2.45, 2.75) is 26.2 Å². The van der Waals surface area contributed by atoms with E-state index in [1.807, 2.05) is 13.0 Å². The number of ether oxygens (including phenoxy) is 2. The van der Waals surface area contributed by atoms with Crippen molar-refractivity contribution >= 4 is 11.9 Å². The second-order valence-electron chi connectivity index (χ2n) is 6.35. The number of carbonyl (C=O) groups is 2. The van der Waals surface area contributed by atoms with Crippen LogP contribution in [0.2, 0.25) is 0 Å². The first kappa shape index (κ1) is 21.2. The van der Waals surface area contributed by atoms with E-state index in [-0.39, 0.29) is 23.5 Å². The van der Waals surface area contributed by atoms with Gasteiger partial charge in [0, 0.05) is 12.7 Å². The first-order valence-electron chi connectivity index (χ1n) is 8.90. The van der Waals surface area contributed by atoms with Gasteiger partial charge in [-0.05, 0) is 31.0 Å². The number of nitriles is 1. The zero-order valence-corrected chi connectivity index (χ0v) is 16.4. The van der Waals surface area contributed by atoms with E-state index in [4.69, 9.17) is 9.47 Å². The molecule has 1 aliphatic heterocycles. The van der Waals surface area contributed by atoms with Gasteiger partial charge in [0.05, 0.1) is 48.1 Å². The molecule has 0 spiro atoms. The Hall–Kier alpha value is -3.14. The van der Waals surface area contributed by atoms with Gasteiger partial charge < -0.3 is 14.4 Å². The first-order chi connectivity index (χ1) is 13.4. The molecule has 1 unspecified atom stereocenters. The fraction of sp³-hybridized carbons (Fsp3) is 0.381. The molecule has 0 fully saturated rings. The van der Waals surface area contributed by atoms with Crippen LogP contribution in [0.5, 0.6) is 0 Å². The molecule has 1 aromatic rings. The van der Waals surface area contributed by atoms with Crippen molar-refractivity contribution in [3.05, 3.63) is 57.9 Å². The summed E-state index contributed by atoms with van der Waals surface area (Å²) in [7, 11) is 2.79. The second kappa shape index (κ2) is 9.18. The van der Waals surface area contributed by atoms with Crippen molar-refractivity contribution in [3.8, 4) is 6.07 Å². The largest absolute Gasteiger partial charge is 0.466 e. The van der Waals surface area contributed by atoms with E-state index < -0.39 is 24.5 Å². The Bertz CT molecular complexity index is 883. The lowest BCUT2D eigenvalue weighted by molar-refractivity contribution is -0.139. The van der Waals surface area contributed by atoms with E-state index in [9.17, 15) is 19.2 Å². The Kier molecular flexibility index (Phi) is 6.94. The fourth-order valence-corrected chi connectivity index (χ4v) is 3.25. The summed E-state index contributed by atoms with van der Waals surface area (Å²) in [5, 5.41) is 9.24. The maximum absolute atomic E-state index is 13.9. The summed E-state index contributed by atoms with van der Waals surface area (Å²) < 4.78 is 24.1. The van der Waals surface area contributed by atoms with Crippen molar-refractivity contribution in [3.63, 3.8) is 0 Å². The molecular formula is C21H23FN2O4. The number of halogens is 1. The van der Waals surface area contributed by atoms with E-state index in [0.29, 0.717) is 23.2 Å². The highest BCUT2D eigenvalue weighted by Crippen LogP contribution is 2.42. The van der Waals surface area contributed by atoms with Gasteiger partial charge in [-0.25, -0.2) is 14.0 Å². The van der Waals surface area contributed by atoms with Gasteiger partial charge in [-0.1, -0.05) is 19.1 Å². The van der Waals surface area contributed by atoms with Gasteiger partial charge in [-0.15, -0.1) is 0 Å². The standard InChI is InChI=1S/C21H23FN2O4/c1-5-9-28-21(26)17-13(2)24(3)16(11-22)19(20(25)27-4)18(17)15-8-6-7-14(10-15)12-23/h6-8,10,18H,5,9,11H2,1-4H3. The highest BCUT2D eigenvalue weighted by molar-refractivity contribution is 6.00. The zero-order chi connectivity index (χ0) is 20.8. The van der Waals surface area contributed by atoms with E-state index >= 15 is 0 Å². The summed E-state index contributed by atoms with van der Waals surface area (Å²) in [6, 6.07) is 8.57. The number of esters is 2. The molecular weight excluding hydrogens is 363 g/mol. The molecule has 0 bridgehead atoms. The number of benzene rings is 1. The van der Waals surface area contributed by atoms with Crippen LogP contribution in [-0.2, 0) is 19.1 Å². The topological polar surface area (TPSA) is 79.6 Å². The monoisotopic (exact) mass is 386 g/mol.